The highest BCUT2D eigenvalue weighted by Crippen LogP contribution is 2.25. The standard InChI is InChI=1S/C14H21ClN4O/c1-10-4-5-17-12(15)11(10)18-13(20)14(2,3)19-8-6-16-7-9-19/h4-5,16H,6-9H2,1-3H3,(H,18,20). The number of hydrogen-bond acceptors (Lipinski definition) is 4. The molecule has 6 heteroatoms. The Bertz CT molecular complexity index is 478. The number of nitrogens with one attached hydrogen (secondary N) is 2. The van der Waals surface area contributed by atoms with Crippen LogP contribution in [0.15, 0.2) is 12.3 Å². The molecule has 2 rings (SSSR count). The summed E-state index contributed by atoms with van der Waals surface area (Å²) in [5.74, 6) is -0.0580. The first-order chi connectivity index (χ1) is 9.43. The molecule has 1 amide bonds. The van der Waals surface area contributed by atoms with Crippen molar-refractivity contribution >= 4 is 23.2 Å². The summed E-state index contributed by atoms with van der Waals surface area (Å²) in [7, 11) is 0. The molecule has 0 unspecified atom stereocenters. The first kappa shape index (κ1) is 15.2. The number of aryl methyl sites for hydroxylation is 1. The van der Waals surface area contributed by atoms with Crippen molar-refractivity contribution in [3.05, 3.63) is 23.0 Å². The predicted molar refractivity (Wildman–Crippen MR) is 81.1 cm³/mol. The highest BCUT2D eigenvalue weighted by atomic mass is 35.5. The van der Waals surface area contributed by atoms with Gasteiger partial charge < -0.3 is 10.6 Å². The molecule has 0 radical (unpaired) electrons. The van der Waals surface area contributed by atoms with Gasteiger partial charge in [0.1, 0.15) is 0 Å². The second kappa shape index (κ2) is 6.08. The molecule has 0 spiro atoms. The molecule has 1 aromatic rings. The van der Waals surface area contributed by atoms with Crippen molar-refractivity contribution in [2.24, 2.45) is 0 Å². The number of hydrogen-bond donors (Lipinski definition) is 2. The zero-order valence-electron chi connectivity index (χ0n) is 12.2. The van der Waals surface area contributed by atoms with Crippen LogP contribution in [-0.2, 0) is 4.79 Å². The lowest BCUT2D eigenvalue weighted by Gasteiger charge is -2.39. The average Bonchev–Trinajstić information content (AvgIpc) is 2.43. The molecule has 1 fully saturated rings. The fourth-order valence-electron chi connectivity index (χ4n) is 2.31. The number of anilines is 1. The molecule has 110 valence electrons. The lowest BCUT2D eigenvalue weighted by molar-refractivity contribution is -0.126. The molecule has 2 N–H and O–H groups in total. The molecule has 0 saturated carbocycles. The van der Waals surface area contributed by atoms with E-state index < -0.39 is 5.54 Å². The number of rotatable bonds is 3. The van der Waals surface area contributed by atoms with Crippen LogP contribution in [0.4, 0.5) is 5.69 Å². The lowest BCUT2D eigenvalue weighted by atomic mass is 10.00. The molecule has 5 nitrogen and oxygen atoms in total. The van der Waals surface area contributed by atoms with Gasteiger partial charge in [0.2, 0.25) is 5.91 Å². The molecule has 0 aromatic carbocycles. The van der Waals surface area contributed by atoms with Gasteiger partial charge in [0.05, 0.1) is 11.2 Å². The van der Waals surface area contributed by atoms with Gasteiger partial charge in [-0.25, -0.2) is 4.98 Å². The van der Waals surface area contributed by atoms with E-state index in [4.69, 9.17) is 11.6 Å². The first-order valence-electron chi connectivity index (χ1n) is 6.81. The van der Waals surface area contributed by atoms with Crippen LogP contribution in [0.1, 0.15) is 19.4 Å². The Hall–Kier alpha value is -1.17. The van der Waals surface area contributed by atoms with Crippen LogP contribution in [0, 0.1) is 6.92 Å². The molecule has 1 aliphatic rings. The Kier molecular flexibility index (Phi) is 4.62. The van der Waals surface area contributed by atoms with E-state index in [1.54, 1.807) is 6.20 Å². The number of piperazine rings is 1. The molecule has 20 heavy (non-hydrogen) atoms. The van der Waals surface area contributed by atoms with Crippen molar-refractivity contribution in [1.82, 2.24) is 15.2 Å². The smallest absolute Gasteiger partial charge is 0.244 e. The van der Waals surface area contributed by atoms with E-state index in [1.165, 1.54) is 0 Å². The van der Waals surface area contributed by atoms with Gasteiger partial charge in [0.25, 0.3) is 0 Å². The minimum atomic E-state index is -0.576. The van der Waals surface area contributed by atoms with Gasteiger partial charge in [-0.3, -0.25) is 9.69 Å². The Morgan fingerprint density at radius 1 is 1.45 bits per heavy atom. The summed E-state index contributed by atoms with van der Waals surface area (Å²) in [6.07, 6.45) is 1.63. The van der Waals surface area contributed by atoms with Crippen LogP contribution >= 0.6 is 11.6 Å². The van der Waals surface area contributed by atoms with E-state index in [0.717, 1.165) is 31.7 Å². The molecule has 1 aromatic heterocycles. The first-order valence-corrected chi connectivity index (χ1v) is 7.19. The van der Waals surface area contributed by atoms with Crippen LogP contribution in [0.2, 0.25) is 5.15 Å². The van der Waals surface area contributed by atoms with Gasteiger partial charge in [0, 0.05) is 32.4 Å². The van der Waals surface area contributed by atoms with Crippen molar-refractivity contribution in [3.8, 4) is 0 Å². The van der Waals surface area contributed by atoms with E-state index in [2.05, 4.69) is 20.5 Å². The summed E-state index contributed by atoms with van der Waals surface area (Å²) in [5, 5.41) is 6.54. The van der Waals surface area contributed by atoms with Crippen molar-refractivity contribution < 1.29 is 4.79 Å². The van der Waals surface area contributed by atoms with Crippen LogP contribution in [0.3, 0.4) is 0 Å². The number of amides is 1. The van der Waals surface area contributed by atoms with Gasteiger partial charge in [-0.2, -0.15) is 0 Å². The fourth-order valence-corrected chi connectivity index (χ4v) is 2.56. The molecule has 0 atom stereocenters. The Labute approximate surface area is 124 Å². The van der Waals surface area contributed by atoms with Crippen molar-refractivity contribution in [2.45, 2.75) is 26.3 Å². The summed E-state index contributed by atoms with van der Waals surface area (Å²) < 4.78 is 0. The summed E-state index contributed by atoms with van der Waals surface area (Å²) in [5.41, 5.74) is 0.935. The summed E-state index contributed by atoms with van der Waals surface area (Å²) in [6.45, 7) is 9.31. The number of carbonyl (C=O) groups is 1. The maximum absolute atomic E-state index is 12.6. The zero-order chi connectivity index (χ0) is 14.8. The van der Waals surface area contributed by atoms with E-state index >= 15 is 0 Å². The maximum atomic E-state index is 12.6. The van der Waals surface area contributed by atoms with Crippen LogP contribution < -0.4 is 10.6 Å². The molecule has 1 aliphatic heterocycles. The lowest BCUT2D eigenvalue weighted by Crippen LogP contribution is -2.58. The number of carbonyl (C=O) groups excluding carboxylic acids is 1. The molecule has 0 aliphatic carbocycles. The third-order valence-electron chi connectivity index (χ3n) is 3.81. The van der Waals surface area contributed by atoms with Gasteiger partial charge in [-0.05, 0) is 32.4 Å². The number of halogens is 1. The van der Waals surface area contributed by atoms with Crippen LogP contribution in [0.25, 0.3) is 0 Å². The molecule has 2 heterocycles. The monoisotopic (exact) mass is 296 g/mol. The summed E-state index contributed by atoms with van der Waals surface area (Å²) in [4.78, 5) is 18.8. The number of aromatic nitrogens is 1. The Morgan fingerprint density at radius 3 is 2.70 bits per heavy atom. The van der Waals surface area contributed by atoms with E-state index in [9.17, 15) is 4.79 Å². The van der Waals surface area contributed by atoms with Crippen molar-refractivity contribution in [3.63, 3.8) is 0 Å². The quantitative estimate of drug-likeness (QED) is 0.833. The SMILES string of the molecule is Cc1ccnc(Cl)c1NC(=O)C(C)(C)N1CCNCC1. The third kappa shape index (κ3) is 3.11. The highest BCUT2D eigenvalue weighted by molar-refractivity contribution is 6.32. The zero-order valence-corrected chi connectivity index (χ0v) is 12.9. The topological polar surface area (TPSA) is 57.3 Å². The van der Waals surface area contributed by atoms with E-state index in [1.807, 2.05) is 26.8 Å². The summed E-state index contributed by atoms with van der Waals surface area (Å²) >= 11 is 6.06. The Balaban J connectivity index is 2.14. The average molecular weight is 297 g/mol. The molecular weight excluding hydrogens is 276 g/mol. The van der Waals surface area contributed by atoms with Crippen molar-refractivity contribution in [2.75, 3.05) is 31.5 Å². The minimum Gasteiger partial charge on any atom is -0.322 e. The minimum absolute atomic E-state index is 0.0580. The number of nitrogens with zero attached hydrogens (tertiary/aromatic N) is 2. The van der Waals surface area contributed by atoms with Crippen LogP contribution in [0.5, 0.6) is 0 Å². The molecule has 0 bridgehead atoms. The second-order valence-electron chi connectivity index (χ2n) is 5.54. The van der Waals surface area contributed by atoms with Gasteiger partial charge >= 0.3 is 0 Å². The van der Waals surface area contributed by atoms with Crippen LogP contribution in [-0.4, -0.2) is 47.5 Å². The van der Waals surface area contributed by atoms with Gasteiger partial charge in [-0.1, -0.05) is 11.6 Å². The van der Waals surface area contributed by atoms with E-state index in [-0.39, 0.29) is 5.91 Å². The normalized spacial score (nSPS) is 17.0. The summed E-state index contributed by atoms with van der Waals surface area (Å²) in [6, 6.07) is 1.83. The molecular formula is C14H21ClN4O. The fraction of sp³-hybridized carbons (Fsp3) is 0.571. The maximum Gasteiger partial charge on any atom is 0.244 e. The third-order valence-corrected chi connectivity index (χ3v) is 4.10. The second-order valence-corrected chi connectivity index (χ2v) is 5.90. The Morgan fingerprint density at radius 2 is 2.10 bits per heavy atom. The predicted octanol–water partition coefficient (Wildman–Crippen LogP) is 1.67. The largest absolute Gasteiger partial charge is 0.322 e. The van der Waals surface area contributed by atoms with E-state index in [0.29, 0.717) is 10.8 Å². The molecule has 1 saturated heterocycles. The van der Waals surface area contributed by atoms with Crippen molar-refractivity contribution in [1.29, 1.82) is 0 Å². The van der Waals surface area contributed by atoms with Gasteiger partial charge in [-0.15, -0.1) is 0 Å². The number of pyridine rings is 1. The highest BCUT2D eigenvalue weighted by Gasteiger charge is 2.35. The van der Waals surface area contributed by atoms with Gasteiger partial charge in [0.15, 0.2) is 5.15 Å².